The van der Waals surface area contributed by atoms with Crippen molar-refractivity contribution in [2.24, 2.45) is 4.99 Å². The summed E-state index contributed by atoms with van der Waals surface area (Å²) in [4.78, 5) is 6.45. The first-order valence-electron chi connectivity index (χ1n) is 8.38. The number of aliphatic imine (C=N–C) groups is 1. The Morgan fingerprint density at radius 2 is 2.00 bits per heavy atom. The molecule has 0 saturated carbocycles. The Labute approximate surface area is 164 Å². The van der Waals surface area contributed by atoms with E-state index in [2.05, 4.69) is 66.7 Å². The molecule has 5 nitrogen and oxygen atoms in total. The molecule has 0 heterocycles. The van der Waals surface area contributed by atoms with Crippen molar-refractivity contribution in [3.05, 3.63) is 29.3 Å². The average Bonchev–Trinajstić information content (AvgIpc) is 2.53. The molecule has 0 aliphatic carbocycles. The SMILES string of the molecule is CCCOc1cc(C)ccc1CNC(=NC)NCCCN(C)C.I. The minimum Gasteiger partial charge on any atom is -0.493 e. The van der Waals surface area contributed by atoms with E-state index in [9.17, 15) is 0 Å². The van der Waals surface area contributed by atoms with E-state index >= 15 is 0 Å². The number of ether oxygens (including phenoxy) is 1. The van der Waals surface area contributed by atoms with Crippen molar-refractivity contribution >= 4 is 29.9 Å². The number of nitrogens with zero attached hydrogens (tertiary/aromatic N) is 2. The number of hydrogen-bond acceptors (Lipinski definition) is 3. The van der Waals surface area contributed by atoms with Gasteiger partial charge in [-0.05, 0) is 52.0 Å². The summed E-state index contributed by atoms with van der Waals surface area (Å²) in [5.41, 5.74) is 2.37. The van der Waals surface area contributed by atoms with E-state index in [0.717, 1.165) is 49.8 Å². The molecule has 1 rings (SSSR count). The third-order valence-corrected chi connectivity index (χ3v) is 3.43. The summed E-state index contributed by atoms with van der Waals surface area (Å²) >= 11 is 0. The Kier molecular flexibility index (Phi) is 12.7. The summed E-state index contributed by atoms with van der Waals surface area (Å²) in [5, 5.41) is 6.70. The summed E-state index contributed by atoms with van der Waals surface area (Å²) in [5.74, 6) is 1.79. The van der Waals surface area contributed by atoms with Crippen LogP contribution in [0.5, 0.6) is 5.75 Å². The molecular weight excluding hydrogens is 415 g/mol. The minimum absolute atomic E-state index is 0. The zero-order valence-electron chi connectivity index (χ0n) is 15.7. The van der Waals surface area contributed by atoms with Gasteiger partial charge < -0.3 is 20.3 Å². The molecule has 24 heavy (non-hydrogen) atoms. The first kappa shape index (κ1) is 23.0. The highest BCUT2D eigenvalue weighted by atomic mass is 127. The molecule has 0 saturated heterocycles. The van der Waals surface area contributed by atoms with Crippen molar-refractivity contribution in [3.8, 4) is 5.75 Å². The molecule has 0 spiro atoms. The van der Waals surface area contributed by atoms with Crippen LogP contribution in [-0.2, 0) is 6.54 Å². The van der Waals surface area contributed by atoms with Crippen LogP contribution in [0.25, 0.3) is 0 Å². The van der Waals surface area contributed by atoms with Gasteiger partial charge in [-0.2, -0.15) is 0 Å². The summed E-state index contributed by atoms with van der Waals surface area (Å²) in [6, 6.07) is 6.33. The van der Waals surface area contributed by atoms with Gasteiger partial charge in [0.2, 0.25) is 0 Å². The summed E-state index contributed by atoms with van der Waals surface area (Å²) < 4.78 is 5.85. The van der Waals surface area contributed by atoms with Gasteiger partial charge >= 0.3 is 0 Å². The van der Waals surface area contributed by atoms with Gasteiger partial charge in [-0.3, -0.25) is 4.99 Å². The van der Waals surface area contributed by atoms with Crippen molar-refractivity contribution in [2.45, 2.75) is 33.2 Å². The number of aryl methyl sites for hydroxylation is 1. The normalized spacial score (nSPS) is 11.2. The third kappa shape index (κ3) is 9.32. The molecule has 0 fully saturated rings. The molecule has 0 atom stereocenters. The van der Waals surface area contributed by atoms with E-state index in [-0.39, 0.29) is 24.0 Å². The van der Waals surface area contributed by atoms with Crippen LogP contribution in [0, 0.1) is 6.92 Å². The summed E-state index contributed by atoms with van der Waals surface area (Å²) in [6.45, 7) is 7.62. The van der Waals surface area contributed by atoms with Gasteiger partial charge in [0.25, 0.3) is 0 Å². The lowest BCUT2D eigenvalue weighted by atomic mass is 10.1. The Bertz CT molecular complexity index is 492. The van der Waals surface area contributed by atoms with Crippen LogP contribution >= 0.6 is 24.0 Å². The molecule has 0 aliphatic heterocycles. The standard InChI is InChI=1S/C18H32N4O.HI/c1-6-12-23-17-13-15(2)8-9-16(17)14-21-18(19-3)20-10-7-11-22(4)5;/h8-9,13H,6-7,10-12,14H2,1-5H3,(H2,19,20,21);1H. The second-order valence-corrected chi connectivity index (χ2v) is 5.97. The van der Waals surface area contributed by atoms with Crippen molar-refractivity contribution < 1.29 is 4.74 Å². The van der Waals surface area contributed by atoms with Crippen molar-refractivity contribution in [1.82, 2.24) is 15.5 Å². The largest absolute Gasteiger partial charge is 0.493 e. The maximum Gasteiger partial charge on any atom is 0.191 e. The molecule has 1 aromatic rings. The predicted molar refractivity (Wildman–Crippen MR) is 114 cm³/mol. The first-order valence-corrected chi connectivity index (χ1v) is 8.38. The zero-order chi connectivity index (χ0) is 17.1. The molecule has 0 radical (unpaired) electrons. The molecular formula is C18H33IN4O. The molecule has 0 aliphatic rings. The van der Waals surface area contributed by atoms with Crippen LogP contribution in [-0.4, -0.2) is 51.7 Å². The van der Waals surface area contributed by atoms with E-state index in [1.165, 1.54) is 5.56 Å². The quantitative estimate of drug-likeness (QED) is 0.264. The molecule has 0 amide bonds. The van der Waals surface area contributed by atoms with Crippen molar-refractivity contribution in [2.75, 3.05) is 40.8 Å². The fourth-order valence-electron chi connectivity index (χ4n) is 2.16. The second-order valence-electron chi connectivity index (χ2n) is 5.97. The number of rotatable bonds is 9. The van der Waals surface area contributed by atoms with Crippen LogP contribution in [0.15, 0.2) is 23.2 Å². The lowest BCUT2D eigenvalue weighted by Gasteiger charge is -2.16. The minimum atomic E-state index is 0. The van der Waals surface area contributed by atoms with E-state index in [0.29, 0.717) is 6.54 Å². The van der Waals surface area contributed by atoms with Crippen LogP contribution in [0.1, 0.15) is 30.9 Å². The van der Waals surface area contributed by atoms with Gasteiger partial charge in [0.15, 0.2) is 5.96 Å². The van der Waals surface area contributed by atoms with Gasteiger partial charge in [0.05, 0.1) is 6.61 Å². The van der Waals surface area contributed by atoms with Gasteiger partial charge in [-0.1, -0.05) is 19.1 Å². The fourth-order valence-corrected chi connectivity index (χ4v) is 2.16. The summed E-state index contributed by atoms with van der Waals surface area (Å²) in [6.07, 6.45) is 2.10. The monoisotopic (exact) mass is 448 g/mol. The highest BCUT2D eigenvalue weighted by Gasteiger charge is 2.05. The Morgan fingerprint density at radius 3 is 2.62 bits per heavy atom. The van der Waals surface area contributed by atoms with E-state index in [1.807, 2.05) is 0 Å². The maximum atomic E-state index is 5.85. The van der Waals surface area contributed by atoms with Crippen LogP contribution in [0.4, 0.5) is 0 Å². The fraction of sp³-hybridized carbons (Fsp3) is 0.611. The van der Waals surface area contributed by atoms with Crippen LogP contribution < -0.4 is 15.4 Å². The molecule has 0 aromatic heterocycles. The van der Waals surface area contributed by atoms with E-state index in [4.69, 9.17) is 4.74 Å². The lowest BCUT2D eigenvalue weighted by Crippen LogP contribution is -2.38. The average molecular weight is 448 g/mol. The van der Waals surface area contributed by atoms with Gasteiger partial charge in [-0.15, -0.1) is 24.0 Å². The predicted octanol–water partition coefficient (Wildman–Crippen LogP) is 3.02. The first-order chi connectivity index (χ1) is 11.1. The third-order valence-electron chi connectivity index (χ3n) is 3.43. The Balaban J connectivity index is 0.00000529. The smallest absolute Gasteiger partial charge is 0.191 e. The molecule has 2 N–H and O–H groups in total. The van der Waals surface area contributed by atoms with Gasteiger partial charge in [0.1, 0.15) is 5.75 Å². The lowest BCUT2D eigenvalue weighted by molar-refractivity contribution is 0.313. The van der Waals surface area contributed by atoms with Crippen LogP contribution in [0.2, 0.25) is 0 Å². The number of nitrogens with one attached hydrogen (secondary N) is 2. The van der Waals surface area contributed by atoms with Crippen LogP contribution in [0.3, 0.4) is 0 Å². The molecule has 6 heteroatoms. The van der Waals surface area contributed by atoms with E-state index in [1.54, 1.807) is 7.05 Å². The molecule has 1 aromatic carbocycles. The molecule has 0 bridgehead atoms. The highest BCUT2D eigenvalue weighted by Crippen LogP contribution is 2.20. The maximum absolute atomic E-state index is 5.85. The number of hydrogen-bond donors (Lipinski definition) is 2. The highest BCUT2D eigenvalue weighted by molar-refractivity contribution is 14.0. The van der Waals surface area contributed by atoms with Gasteiger partial charge in [-0.25, -0.2) is 0 Å². The Morgan fingerprint density at radius 1 is 1.25 bits per heavy atom. The number of benzene rings is 1. The Hall–Kier alpha value is -1.02. The van der Waals surface area contributed by atoms with Crippen molar-refractivity contribution in [3.63, 3.8) is 0 Å². The molecule has 0 unspecified atom stereocenters. The topological polar surface area (TPSA) is 48.9 Å². The number of halogens is 1. The van der Waals surface area contributed by atoms with Gasteiger partial charge in [0, 0.05) is 25.7 Å². The zero-order valence-corrected chi connectivity index (χ0v) is 18.0. The molecule has 138 valence electrons. The summed E-state index contributed by atoms with van der Waals surface area (Å²) in [7, 11) is 5.97. The second kappa shape index (κ2) is 13.3. The van der Waals surface area contributed by atoms with Crippen molar-refractivity contribution in [1.29, 1.82) is 0 Å². The number of guanidine groups is 1. The van der Waals surface area contributed by atoms with E-state index < -0.39 is 0 Å².